The lowest BCUT2D eigenvalue weighted by molar-refractivity contribution is -0.323. The largest absolute Gasteiger partial charge is 0.423 e. The maximum atomic E-state index is 11.8. The first kappa shape index (κ1) is 13.5. The summed E-state index contributed by atoms with van der Waals surface area (Å²) in [5.41, 5.74) is 0. The van der Waals surface area contributed by atoms with Gasteiger partial charge in [-0.05, 0) is 5.92 Å². The van der Waals surface area contributed by atoms with Crippen LogP contribution in [0.3, 0.4) is 0 Å². The number of hydrogen-bond acceptors (Lipinski definition) is 1. The van der Waals surface area contributed by atoms with Gasteiger partial charge in [-0.25, -0.2) is 0 Å². The third-order valence-corrected chi connectivity index (χ3v) is 1.19. The van der Waals surface area contributed by atoms with Crippen molar-refractivity contribution >= 4 is 0 Å². The second-order valence-electron chi connectivity index (χ2n) is 3.19. The Bertz CT molecular complexity index is 156. The van der Waals surface area contributed by atoms with Crippen molar-refractivity contribution in [3.8, 4) is 0 Å². The molecule has 7 heteroatoms. The van der Waals surface area contributed by atoms with E-state index in [0.717, 1.165) is 0 Å². The maximum Gasteiger partial charge on any atom is 0.423 e. The first-order valence-corrected chi connectivity index (χ1v) is 3.80. The van der Waals surface area contributed by atoms with Crippen LogP contribution >= 0.6 is 0 Å². The lowest BCUT2D eigenvalue weighted by atomic mass is 10.2. The highest BCUT2D eigenvalue weighted by atomic mass is 19.4. The van der Waals surface area contributed by atoms with E-state index >= 15 is 0 Å². The van der Waals surface area contributed by atoms with Gasteiger partial charge in [-0.3, -0.25) is 0 Å². The molecule has 0 N–H and O–H groups in total. The van der Waals surface area contributed by atoms with Crippen LogP contribution in [0.15, 0.2) is 0 Å². The highest BCUT2D eigenvalue weighted by Gasteiger charge is 2.57. The molecule has 0 saturated heterocycles. The van der Waals surface area contributed by atoms with Gasteiger partial charge in [0.05, 0.1) is 6.61 Å². The summed E-state index contributed by atoms with van der Waals surface area (Å²) in [6, 6.07) is 0. The second-order valence-corrected chi connectivity index (χ2v) is 3.19. The van der Waals surface area contributed by atoms with Crippen LogP contribution in [0.1, 0.15) is 13.8 Å². The SMILES string of the molecule is CC(C)COC(C(F)(F)F)C(F)(F)F. The summed E-state index contributed by atoms with van der Waals surface area (Å²) in [6.07, 6.45) is -14.5. The third kappa shape index (κ3) is 4.69. The molecule has 0 fully saturated rings. The summed E-state index contributed by atoms with van der Waals surface area (Å²) in [5.74, 6) is -0.387. The van der Waals surface area contributed by atoms with Crippen molar-refractivity contribution in [2.45, 2.75) is 32.3 Å². The van der Waals surface area contributed by atoms with E-state index in [1.54, 1.807) is 0 Å². The monoisotopic (exact) mass is 224 g/mol. The zero-order valence-corrected chi connectivity index (χ0v) is 7.54. The molecule has 0 saturated carbocycles. The first-order chi connectivity index (χ1) is 6.05. The summed E-state index contributed by atoms with van der Waals surface area (Å²) in [6.45, 7) is 2.34. The molecular formula is C7H10F6O. The van der Waals surface area contributed by atoms with Crippen LogP contribution < -0.4 is 0 Å². The number of alkyl halides is 6. The minimum absolute atomic E-state index is 0.387. The van der Waals surface area contributed by atoms with E-state index in [9.17, 15) is 26.3 Å². The fourth-order valence-corrected chi connectivity index (χ4v) is 0.663. The van der Waals surface area contributed by atoms with Crippen molar-refractivity contribution in [1.82, 2.24) is 0 Å². The molecule has 1 nitrogen and oxygen atoms in total. The topological polar surface area (TPSA) is 9.23 Å². The van der Waals surface area contributed by atoms with E-state index in [4.69, 9.17) is 0 Å². The van der Waals surface area contributed by atoms with Gasteiger partial charge >= 0.3 is 12.4 Å². The molecule has 0 aromatic rings. The number of halogens is 6. The second kappa shape index (κ2) is 4.37. The fourth-order valence-electron chi connectivity index (χ4n) is 0.663. The highest BCUT2D eigenvalue weighted by molar-refractivity contribution is 4.76. The molecule has 0 aromatic carbocycles. The van der Waals surface area contributed by atoms with E-state index < -0.39 is 25.1 Å². The molecule has 0 unspecified atom stereocenters. The van der Waals surface area contributed by atoms with Crippen LogP contribution in [0.4, 0.5) is 26.3 Å². The Labute approximate surface area is 77.0 Å². The molecule has 0 amide bonds. The van der Waals surface area contributed by atoms with Gasteiger partial charge in [-0.1, -0.05) is 13.8 Å². The van der Waals surface area contributed by atoms with Crippen LogP contribution in [0.5, 0.6) is 0 Å². The number of rotatable bonds is 3. The Hall–Kier alpha value is -0.460. The van der Waals surface area contributed by atoms with E-state index in [0.29, 0.717) is 0 Å². The van der Waals surface area contributed by atoms with E-state index in [1.165, 1.54) is 13.8 Å². The summed E-state index contributed by atoms with van der Waals surface area (Å²) < 4.78 is 74.7. The van der Waals surface area contributed by atoms with Crippen LogP contribution in [-0.4, -0.2) is 25.1 Å². The predicted octanol–water partition coefficient (Wildman–Crippen LogP) is 3.15. The molecular weight excluding hydrogens is 214 g/mol. The molecule has 0 aliphatic carbocycles. The Balaban J connectivity index is 4.44. The summed E-state index contributed by atoms with van der Waals surface area (Å²) in [4.78, 5) is 0. The molecule has 0 heterocycles. The number of hydrogen-bond donors (Lipinski definition) is 0. The molecule has 0 atom stereocenters. The molecule has 0 spiro atoms. The van der Waals surface area contributed by atoms with E-state index in [-0.39, 0.29) is 5.92 Å². The normalized spacial score (nSPS) is 14.1. The molecule has 86 valence electrons. The van der Waals surface area contributed by atoms with Crippen molar-refractivity contribution in [3.63, 3.8) is 0 Å². The molecule has 0 rings (SSSR count). The van der Waals surface area contributed by atoms with Crippen molar-refractivity contribution in [2.24, 2.45) is 5.92 Å². The molecule has 0 bridgehead atoms. The van der Waals surface area contributed by atoms with Crippen LogP contribution in [-0.2, 0) is 4.74 Å². The van der Waals surface area contributed by atoms with Crippen LogP contribution in [0.25, 0.3) is 0 Å². The molecule has 0 aromatic heterocycles. The standard InChI is InChI=1S/C7H10F6O/c1-4(2)3-14-5(6(8,9)10)7(11,12)13/h4-5H,3H2,1-2H3. The van der Waals surface area contributed by atoms with E-state index in [1.807, 2.05) is 0 Å². The first-order valence-electron chi connectivity index (χ1n) is 3.80. The zero-order valence-electron chi connectivity index (χ0n) is 7.54. The average Bonchev–Trinajstić information content (AvgIpc) is 1.78. The maximum absolute atomic E-state index is 11.8. The molecule has 0 aliphatic heterocycles. The Morgan fingerprint density at radius 1 is 0.929 bits per heavy atom. The van der Waals surface area contributed by atoms with Crippen LogP contribution in [0, 0.1) is 5.92 Å². The average molecular weight is 224 g/mol. The van der Waals surface area contributed by atoms with Gasteiger partial charge in [0.25, 0.3) is 0 Å². The third-order valence-electron chi connectivity index (χ3n) is 1.19. The Kier molecular flexibility index (Phi) is 4.23. The van der Waals surface area contributed by atoms with Crippen LogP contribution in [0.2, 0.25) is 0 Å². The van der Waals surface area contributed by atoms with Gasteiger partial charge in [0, 0.05) is 0 Å². The molecule has 0 radical (unpaired) electrons. The lowest BCUT2D eigenvalue weighted by Gasteiger charge is -2.23. The van der Waals surface area contributed by atoms with Gasteiger partial charge in [-0.15, -0.1) is 0 Å². The van der Waals surface area contributed by atoms with Gasteiger partial charge in [-0.2, -0.15) is 26.3 Å². The van der Waals surface area contributed by atoms with Crippen molar-refractivity contribution < 1.29 is 31.1 Å². The molecule has 0 aliphatic rings. The number of ether oxygens (including phenoxy) is 1. The minimum atomic E-state index is -5.41. The smallest absolute Gasteiger partial charge is 0.361 e. The fraction of sp³-hybridized carbons (Fsp3) is 1.00. The van der Waals surface area contributed by atoms with Crippen molar-refractivity contribution in [3.05, 3.63) is 0 Å². The van der Waals surface area contributed by atoms with Gasteiger partial charge < -0.3 is 4.74 Å². The van der Waals surface area contributed by atoms with Crippen molar-refractivity contribution in [1.29, 1.82) is 0 Å². The molecule has 14 heavy (non-hydrogen) atoms. The quantitative estimate of drug-likeness (QED) is 0.669. The summed E-state index contributed by atoms with van der Waals surface area (Å²) in [5, 5.41) is 0. The highest BCUT2D eigenvalue weighted by Crippen LogP contribution is 2.35. The van der Waals surface area contributed by atoms with Gasteiger partial charge in [0.1, 0.15) is 0 Å². The predicted molar refractivity (Wildman–Crippen MR) is 36.7 cm³/mol. The van der Waals surface area contributed by atoms with Gasteiger partial charge in [0.15, 0.2) is 0 Å². The lowest BCUT2D eigenvalue weighted by Crippen LogP contribution is -2.44. The van der Waals surface area contributed by atoms with E-state index in [2.05, 4.69) is 4.74 Å². The van der Waals surface area contributed by atoms with Crippen molar-refractivity contribution in [2.75, 3.05) is 6.61 Å². The Morgan fingerprint density at radius 2 is 1.29 bits per heavy atom. The summed E-state index contributed by atoms with van der Waals surface area (Å²) >= 11 is 0. The summed E-state index contributed by atoms with van der Waals surface area (Å²) in [7, 11) is 0. The minimum Gasteiger partial charge on any atom is -0.361 e. The zero-order chi connectivity index (χ0) is 11.6. The Morgan fingerprint density at radius 3 is 1.50 bits per heavy atom. The van der Waals surface area contributed by atoms with Gasteiger partial charge in [0.2, 0.25) is 6.10 Å².